The number of rotatable bonds is 9. The van der Waals surface area contributed by atoms with Gasteiger partial charge >= 0.3 is 0 Å². The zero-order chi connectivity index (χ0) is 10.8. The third kappa shape index (κ3) is 7.39. The summed E-state index contributed by atoms with van der Waals surface area (Å²) in [6.07, 6.45) is 4.49. The molecule has 0 heterocycles. The highest BCUT2D eigenvalue weighted by atomic mass is 32.2. The van der Waals surface area contributed by atoms with Gasteiger partial charge in [0.1, 0.15) is 0 Å². The molecule has 1 unspecified atom stereocenters. The van der Waals surface area contributed by atoms with Gasteiger partial charge in [0.25, 0.3) is 0 Å². The maximum Gasteiger partial charge on any atom is 0.168 e. The monoisotopic (exact) mass is 218 g/mol. The standard InChI is InChI=1S/C11H22O2S/c1-4-6-8-13-11(10(3)12)14-9-7-5-2/h11H,4-9H2,1-3H3. The van der Waals surface area contributed by atoms with Crippen LogP contribution in [0.2, 0.25) is 0 Å². The average Bonchev–Trinajstić information content (AvgIpc) is 2.15. The fourth-order valence-corrected chi connectivity index (χ4v) is 2.05. The van der Waals surface area contributed by atoms with Crippen LogP contribution in [-0.2, 0) is 9.53 Å². The second kappa shape index (κ2) is 9.53. The van der Waals surface area contributed by atoms with Gasteiger partial charge in [-0.1, -0.05) is 26.7 Å². The maximum atomic E-state index is 11.2. The Morgan fingerprint density at radius 3 is 2.43 bits per heavy atom. The quantitative estimate of drug-likeness (QED) is 0.439. The van der Waals surface area contributed by atoms with Crippen molar-refractivity contribution in [3.05, 3.63) is 0 Å². The number of carbonyl (C=O) groups excluding carboxylic acids is 1. The Bertz CT molecular complexity index is 138. The lowest BCUT2D eigenvalue weighted by atomic mass is 10.4. The zero-order valence-corrected chi connectivity index (χ0v) is 10.4. The van der Waals surface area contributed by atoms with Crippen LogP contribution in [0.4, 0.5) is 0 Å². The van der Waals surface area contributed by atoms with Crippen LogP contribution in [-0.4, -0.2) is 23.6 Å². The van der Waals surface area contributed by atoms with Crippen molar-refractivity contribution in [3.8, 4) is 0 Å². The largest absolute Gasteiger partial charge is 0.360 e. The first kappa shape index (κ1) is 14.0. The van der Waals surface area contributed by atoms with Crippen LogP contribution in [0.25, 0.3) is 0 Å². The minimum absolute atomic E-state index is 0.141. The molecule has 3 heteroatoms. The number of ketones is 1. The van der Waals surface area contributed by atoms with Gasteiger partial charge in [0, 0.05) is 6.61 Å². The number of ether oxygens (including phenoxy) is 1. The molecule has 0 aliphatic heterocycles. The van der Waals surface area contributed by atoms with Crippen molar-refractivity contribution in [1.82, 2.24) is 0 Å². The van der Waals surface area contributed by atoms with E-state index in [1.807, 2.05) is 0 Å². The molecule has 0 fully saturated rings. The Morgan fingerprint density at radius 1 is 1.29 bits per heavy atom. The van der Waals surface area contributed by atoms with Gasteiger partial charge < -0.3 is 4.74 Å². The van der Waals surface area contributed by atoms with Gasteiger partial charge in [-0.2, -0.15) is 0 Å². The highest BCUT2D eigenvalue weighted by Crippen LogP contribution is 2.15. The summed E-state index contributed by atoms with van der Waals surface area (Å²) in [5.74, 6) is 1.16. The Balaban J connectivity index is 3.61. The third-order valence-corrected chi connectivity index (χ3v) is 3.16. The second-order valence-corrected chi connectivity index (χ2v) is 4.56. The molecule has 84 valence electrons. The molecular weight excluding hydrogens is 196 g/mol. The van der Waals surface area contributed by atoms with Crippen LogP contribution < -0.4 is 0 Å². The highest BCUT2D eigenvalue weighted by molar-refractivity contribution is 8.00. The van der Waals surface area contributed by atoms with E-state index in [2.05, 4.69) is 13.8 Å². The number of hydrogen-bond acceptors (Lipinski definition) is 3. The first-order valence-corrected chi connectivity index (χ1v) is 6.50. The molecule has 14 heavy (non-hydrogen) atoms. The molecule has 0 saturated heterocycles. The zero-order valence-electron chi connectivity index (χ0n) is 9.54. The first-order valence-electron chi connectivity index (χ1n) is 5.46. The van der Waals surface area contributed by atoms with Crippen LogP contribution in [0.15, 0.2) is 0 Å². The summed E-state index contributed by atoms with van der Waals surface area (Å²) in [5, 5.41) is 0. The third-order valence-electron chi connectivity index (χ3n) is 1.87. The predicted molar refractivity (Wildman–Crippen MR) is 62.7 cm³/mol. The van der Waals surface area contributed by atoms with Crippen LogP contribution in [0, 0.1) is 0 Å². The van der Waals surface area contributed by atoms with E-state index in [1.54, 1.807) is 18.7 Å². The lowest BCUT2D eigenvalue weighted by molar-refractivity contribution is -0.123. The second-order valence-electron chi connectivity index (χ2n) is 3.39. The van der Waals surface area contributed by atoms with E-state index in [0.717, 1.165) is 25.0 Å². The number of Topliss-reactive ketones (excluding diaryl/α,β-unsaturated/α-hetero) is 1. The van der Waals surface area contributed by atoms with Crippen molar-refractivity contribution >= 4 is 17.5 Å². The number of carbonyl (C=O) groups is 1. The van der Waals surface area contributed by atoms with E-state index in [-0.39, 0.29) is 11.2 Å². The lowest BCUT2D eigenvalue weighted by Crippen LogP contribution is -2.19. The number of hydrogen-bond donors (Lipinski definition) is 0. The van der Waals surface area contributed by atoms with E-state index >= 15 is 0 Å². The van der Waals surface area contributed by atoms with Gasteiger partial charge in [-0.25, -0.2) is 0 Å². The van der Waals surface area contributed by atoms with Gasteiger partial charge in [-0.3, -0.25) is 4.79 Å². The summed E-state index contributed by atoms with van der Waals surface area (Å²) in [5.41, 5.74) is -0.229. The minimum Gasteiger partial charge on any atom is -0.360 e. The molecular formula is C11H22O2S. The van der Waals surface area contributed by atoms with Crippen molar-refractivity contribution in [2.45, 2.75) is 51.9 Å². The van der Waals surface area contributed by atoms with Gasteiger partial charge in [0.15, 0.2) is 11.2 Å². The summed E-state index contributed by atoms with van der Waals surface area (Å²) >= 11 is 1.63. The number of unbranched alkanes of at least 4 members (excludes halogenated alkanes) is 2. The molecule has 0 aromatic rings. The fraction of sp³-hybridized carbons (Fsp3) is 0.909. The number of thioether (sulfide) groups is 1. The minimum atomic E-state index is -0.229. The van der Waals surface area contributed by atoms with Crippen LogP contribution >= 0.6 is 11.8 Å². The topological polar surface area (TPSA) is 26.3 Å². The van der Waals surface area contributed by atoms with Gasteiger partial charge in [0.05, 0.1) is 0 Å². The summed E-state index contributed by atoms with van der Waals surface area (Å²) < 4.78 is 5.50. The Hall–Kier alpha value is -0.0200. The summed E-state index contributed by atoms with van der Waals surface area (Å²) in [6.45, 7) is 6.59. The molecule has 2 nitrogen and oxygen atoms in total. The average molecular weight is 218 g/mol. The maximum absolute atomic E-state index is 11.2. The van der Waals surface area contributed by atoms with E-state index in [0.29, 0.717) is 6.61 Å². The predicted octanol–water partition coefficient (Wildman–Crippen LogP) is 3.25. The fourth-order valence-electron chi connectivity index (χ4n) is 0.952. The highest BCUT2D eigenvalue weighted by Gasteiger charge is 2.13. The van der Waals surface area contributed by atoms with E-state index in [9.17, 15) is 4.79 Å². The van der Waals surface area contributed by atoms with E-state index in [4.69, 9.17) is 4.74 Å². The van der Waals surface area contributed by atoms with Crippen LogP contribution in [0.3, 0.4) is 0 Å². The molecule has 1 atom stereocenters. The summed E-state index contributed by atoms with van der Waals surface area (Å²) in [4.78, 5) is 11.2. The smallest absolute Gasteiger partial charge is 0.168 e. The molecule has 0 saturated carbocycles. The van der Waals surface area contributed by atoms with Gasteiger partial charge in [0.2, 0.25) is 0 Å². The molecule has 0 aliphatic rings. The van der Waals surface area contributed by atoms with E-state index < -0.39 is 0 Å². The molecule has 0 aromatic carbocycles. The van der Waals surface area contributed by atoms with Gasteiger partial charge in [-0.05, 0) is 25.5 Å². The summed E-state index contributed by atoms with van der Waals surface area (Å²) in [7, 11) is 0. The molecule has 0 spiro atoms. The van der Waals surface area contributed by atoms with Crippen molar-refractivity contribution in [3.63, 3.8) is 0 Å². The van der Waals surface area contributed by atoms with E-state index in [1.165, 1.54) is 6.42 Å². The molecule has 0 rings (SSSR count). The SMILES string of the molecule is CCCCOC(SCCCC)C(C)=O. The van der Waals surface area contributed by atoms with Crippen molar-refractivity contribution in [2.24, 2.45) is 0 Å². The molecule has 0 bridgehead atoms. The molecule has 0 aliphatic carbocycles. The Kier molecular flexibility index (Phi) is 9.52. The van der Waals surface area contributed by atoms with Gasteiger partial charge in [-0.15, -0.1) is 11.8 Å². The van der Waals surface area contributed by atoms with Crippen molar-refractivity contribution in [2.75, 3.05) is 12.4 Å². The van der Waals surface area contributed by atoms with Crippen molar-refractivity contribution < 1.29 is 9.53 Å². The molecule has 0 aromatic heterocycles. The first-order chi connectivity index (χ1) is 6.72. The molecule has 0 radical (unpaired) electrons. The van der Waals surface area contributed by atoms with Crippen LogP contribution in [0.1, 0.15) is 46.5 Å². The normalized spacial score (nSPS) is 12.8. The van der Waals surface area contributed by atoms with Crippen LogP contribution in [0.5, 0.6) is 0 Å². The molecule has 0 amide bonds. The Labute approximate surface area is 91.8 Å². The summed E-state index contributed by atoms with van der Waals surface area (Å²) in [6, 6.07) is 0. The lowest BCUT2D eigenvalue weighted by Gasteiger charge is -2.13. The Morgan fingerprint density at radius 2 is 1.93 bits per heavy atom. The molecule has 0 N–H and O–H groups in total. The van der Waals surface area contributed by atoms with Crippen molar-refractivity contribution in [1.29, 1.82) is 0 Å².